The lowest BCUT2D eigenvalue weighted by Gasteiger charge is -2.11. The van der Waals surface area contributed by atoms with Crippen molar-refractivity contribution in [1.82, 2.24) is 10.6 Å². The average Bonchev–Trinajstić information content (AvgIpc) is 3.13. The monoisotopic (exact) mass is 345 g/mol. The van der Waals surface area contributed by atoms with Gasteiger partial charge in [0.2, 0.25) is 5.91 Å². The maximum absolute atomic E-state index is 12.3. The van der Waals surface area contributed by atoms with Crippen LogP contribution in [0.3, 0.4) is 0 Å². The zero-order valence-corrected chi connectivity index (χ0v) is 14.1. The SMILES string of the molecule is CCCNC(=O)CNC(=O)c1ccccc1NC(=O)c1cccs1. The summed E-state index contributed by atoms with van der Waals surface area (Å²) in [6.07, 6.45) is 0.831. The predicted octanol–water partition coefficient (Wildman–Crippen LogP) is 2.26. The van der Waals surface area contributed by atoms with E-state index in [1.54, 1.807) is 36.4 Å². The fraction of sp³-hybridized carbons (Fsp3) is 0.235. The number of benzene rings is 1. The molecule has 1 heterocycles. The maximum atomic E-state index is 12.3. The number of nitrogens with one attached hydrogen (secondary N) is 3. The van der Waals surface area contributed by atoms with Crippen LogP contribution < -0.4 is 16.0 Å². The van der Waals surface area contributed by atoms with Gasteiger partial charge in [0.05, 0.1) is 22.7 Å². The Morgan fingerprint density at radius 1 is 1.00 bits per heavy atom. The Hall–Kier alpha value is -2.67. The van der Waals surface area contributed by atoms with Gasteiger partial charge in [-0.25, -0.2) is 0 Å². The molecule has 0 bridgehead atoms. The van der Waals surface area contributed by atoms with Crippen LogP contribution >= 0.6 is 11.3 Å². The van der Waals surface area contributed by atoms with Crippen molar-refractivity contribution in [3.8, 4) is 0 Å². The Kier molecular flexibility index (Phi) is 6.51. The lowest BCUT2D eigenvalue weighted by atomic mass is 10.1. The molecule has 0 aliphatic carbocycles. The number of rotatable bonds is 7. The van der Waals surface area contributed by atoms with Gasteiger partial charge in [-0.05, 0) is 30.0 Å². The summed E-state index contributed by atoms with van der Waals surface area (Å²) in [5, 5.41) is 9.77. The maximum Gasteiger partial charge on any atom is 0.265 e. The minimum atomic E-state index is -0.413. The topological polar surface area (TPSA) is 87.3 Å². The molecule has 6 nitrogen and oxygen atoms in total. The summed E-state index contributed by atoms with van der Waals surface area (Å²) in [5.74, 6) is -0.931. The zero-order valence-electron chi connectivity index (χ0n) is 13.3. The third kappa shape index (κ3) is 4.92. The van der Waals surface area contributed by atoms with Gasteiger partial charge in [0, 0.05) is 6.54 Å². The lowest BCUT2D eigenvalue weighted by molar-refractivity contribution is -0.120. The molecule has 1 aromatic heterocycles. The number of hydrogen-bond donors (Lipinski definition) is 3. The Labute approximate surface area is 144 Å². The first-order chi connectivity index (χ1) is 11.6. The molecule has 0 saturated heterocycles. The van der Waals surface area contributed by atoms with Crippen LogP contribution in [0.4, 0.5) is 5.69 Å². The second-order valence-electron chi connectivity index (χ2n) is 5.01. The number of thiophene rings is 1. The first-order valence-electron chi connectivity index (χ1n) is 7.60. The summed E-state index contributed by atoms with van der Waals surface area (Å²) < 4.78 is 0. The summed E-state index contributed by atoms with van der Waals surface area (Å²) in [4.78, 5) is 36.5. The molecule has 0 aliphatic heterocycles. The van der Waals surface area contributed by atoms with Crippen molar-refractivity contribution in [3.05, 3.63) is 52.2 Å². The van der Waals surface area contributed by atoms with Crippen molar-refractivity contribution in [2.24, 2.45) is 0 Å². The molecule has 3 amide bonds. The molecule has 0 unspecified atom stereocenters. The standard InChI is InChI=1S/C17H19N3O3S/c1-2-9-18-15(21)11-19-16(22)12-6-3-4-7-13(12)20-17(23)14-8-5-10-24-14/h3-8,10H,2,9,11H2,1H3,(H,18,21)(H,19,22)(H,20,23). The lowest BCUT2D eigenvalue weighted by Crippen LogP contribution is -2.37. The van der Waals surface area contributed by atoms with Gasteiger partial charge in [-0.3, -0.25) is 14.4 Å². The number of anilines is 1. The van der Waals surface area contributed by atoms with E-state index in [9.17, 15) is 14.4 Å². The third-order valence-corrected chi connectivity index (χ3v) is 4.02. The normalized spacial score (nSPS) is 10.0. The van der Waals surface area contributed by atoms with Crippen LogP contribution in [0.15, 0.2) is 41.8 Å². The Morgan fingerprint density at radius 3 is 2.50 bits per heavy atom. The molecule has 2 aromatic rings. The predicted molar refractivity (Wildman–Crippen MR) is 94.3 cm³/mol. The number of carbonyl (C=O) groups excluding carboxylic acids is 3. The van der Waals surface area contributed by atoms with Crippen LogP contribution in [0.5, 0.6) is 0 Å². The van der Waals surface area contributed by atoms with Gasteiger partial charge < -0.3 is 16.0 Å². The van der Waals surface area contributed by atoms with Gasteiger partial charge >= 0.3 is 0 Å². The average molecular weight is 345 g/mol. The Balaban J connectivity index is 2.01. The minimum absolute atomic E-state index is 0.105. The molecule has 24 heavy (non-hydrogen) atoms. The summed E-state index contributed by atoms with van der Waals surface area (Å²) in [6.45, 7) is 2.42. The summed E-state index contributed by atoms with van der Waals surface area (Å²) in [7, 11) is 0. The van der Waals surface area contributed by atoms with E-state index in [1.165, 1.54) is 11.3 Å². The van der Waals surface area contributed by atoms with Gasteiger partial charge in [0.1, 0.15) is 0 Å². The molecule has 7 heteroatoms. The second kappa shape index (κ2) is 8.83. The molecule has 0 atom stereocenters. The highest BCUT2D eigenvalue weighted by Gasteiger charge is 2.15. The molecule has 0 radical (unpaired) electrons. The summed E-state index contributed by atoms with van der Waals surface area (Å²) >= 11 is 1.32. The highest BCUT2D eigenvalue weighted by atomic mass is 32.1. The molecule has 1 aromatic carbocycles. The van der Waals surface area contributed by atoms with E-state index < -0.39 is 5.91 Å². The number of carbonyl (C=O) groups is 3. The van der Waals surface area contributed by atoms with Crippen LogP contribution in [0.2, 0.25) is 0 Å². The van der Waals surface area contributed by atoms with E-state index in [2.05, 4.69) is 16.0 Å². The van der Waals surface area contributed by atoms with Gasteiger partial charge in [-0.1, -0.05) is 25.1 Å². The van der Waals surface area contributed by atoms with E-state index in [4.69, 9.17) is 0 Å². The van der Waals surface area contributed by atoms with E-state index in [0.29, 0.717) is 22.7 Å². The largest absolute Gasteiger partial charge is 0.355 e. The van der Waals surface area contributed by atoms with Gasteiger partial charge in [-0.2, -0.15) is 0 Å². The zero-order chi connectivity index (χ0) is 17.4. The Bertz CT molecular complexity index is 714. The number of hydrogen-bond acceptors (Lipinski definition) is 4. The van der Waals surface area contributed by atoms with Gasteiger partial charge in [-0.15, -0.1) is 11.3 Å². The van der Waals surface area contributed by atoms with Crippen LogP contribution in [-0.4, -0.2) is 30.8 Å². The molecule has 0 saturated carbocycles. The van der Waals surface area contributed by atoms with Crippen molar-refractivity contribution in [3.63, 3.8) is 0 Å². The number of para-hydroxylation sites is 1. The van der Waals surface area contributed by atoms with E-state index in [1.807, 2.05) is 12.3 Å². The van der Waals surface area contributed by atoms with Gasteiger partial charge in [0.25, 0.3) is 11.8 Å². The highest BCUT2D eigenvalue weighted by molar-refractivity contribution is 7.12. The molecule has 0 spiro atoms. The Morgan fingerprint density at radius 2 is 1.79 bits per heavy atom. The molecule has 3 N–H and O–H groups in total. The van der Waals surface area contributed by atoms with E-state index in [-0.39, 0.29) is 18.4 Å². The molecule has 0 fully saturated rings. The third-order valence-electron chi connectivity index (χ3n) is 3.15. The first-order valence-corrected chi connectivity index (χ1v) is 8.48. The van der Waals surface area contributed by atoms with E-state index >= 15 is 0 Å². The quantitative estimate of drug-likeness (QED) is 0.719. The van der Waals surface area contributed by atoms with Crippen molar-refractivity contribution in [1.29, 1.82) is 0 Å². The molecular formula is C17H19N3O3S. The van der Waals surface area contributed by atoms with Crippen molar-refractivity contribution in [2.45, 2.75) is 13.3 Å². The minimum Gasteiger partial charge on any atom is -0.355 e. The van der Waals surface area contributed by atoms with Gasteiger partial charge in [0.15, 0.2) is 0 Å². The second-order valence-corrected chi connectivity index (χ2v) is 5.96. The smallest absolute Gasteiger partial charge is 0.265 e. The fourth-order valence-corrected chi connectivity index (χ4v) is 2.58. The van der Waals surface area contributed by atoms with Crippen molar-refractivity contribution < 1.29 is 14.4 Å². The highest BCUT2D eigenvalue weighted by Crippen LogP contribution is 2.17. The molecular weight excluding hydrogens is 326 g/mol. The number of amides is 3. The van der Waals surface area contributed by atoms with E-state index in [0.717, 1.165) is 6.42 Å². The fourth-order valence-electron chi connectivity index (χ4n) is 1.96. The first kappa shape index (κ1) is 17.7. The van der Waals surface area contributed by atoms with Crippen LogP contribution in [0.25, 0.3) is 0 Å². The molecule has 0 aliphatic rings. The van der Waals surface area contributed by atoms with Crippen molar-refractivity contribution >= 4 is 34.7 Å². The van der Waals surface area contributed by atoms with Crippen molar-refractivity contribution in [2.75, 3.05) is 18.4 Å². The van der Waals surface area contributed by atoms with Crippen LogP contribution in [0, 0.1) is 0 Å². The summed E-state index contributed by atoms with van der Waals surface area (Å²) in [5.41, 5.74) is 0.716. The van der Waals surface area contributed by atoms with Crippen LogP contribution in [-0.2, 0) is 4.79 Å². The van der Waals surface area contributed by atoms with Crippen LogP contribution in [0.1, 0.15) is 33.4 Å². The molecule has 126 valence electrons. The molecule has 2 rings (SSSR count). The summed E-state index contributed by atoms with van der Waals surface area (Å²) in [6, 6.07) is 10.2.